The Morgan fingerprint density at radius 2 is 1.94 bits per heavy atom. The summed E-state index contributed by atoms with van der Waals surface area (Å²) in [5.74, 6) is 1.80. The van der Waals surface area contributed by atoms with Crippen LogP contribution in [0.15, 0.2) is 67.0 Å². The minimum Gasteiger partial charge on any atom is -0.497 e. The lowest BCUT2D eigenvalue weighted by Gasteiger charge is -2.07. The number of thiazole rings is 1. The number of hydrogen-bond acceptors (Lipinski definition) is 6. The van der Waals surface area contributed by atoms with Crippen LogP contribution in [0.2, 0.25) is 0 Å². The summed E-state index contributed by atoms with van der Waals surface area (Å²) in [5, 5.41) is 3.36. The summed E-state index contributed by atoms with van der Waals surface area (Å²) >= 11 is 1.39. The van der Waals surface area contributed by atoms with E-state index >= 15 is 0 Å². The van der Waals surface area contributed by atoms with Gasteiger partial charge in [0.2, 0.25) is 5.91 Å². The maximum Gasteiger partial charge on any atom is 0.250 e. The van der Waals surface area contributed by atoms with Crippen LogP contribution < -0.4 is 14.8 Å². The maximum absolute atomic E-state index is 12.6. The SMILES string of the molecule is COc1ccc(/C=C/C(=O)Nc2nc(-c3ccccc3)c(-c3nccn3C)s2)c(OC)c1. The van der Waals surface area contributed by atoms with Crippen LogP contribution in [0.4, 0.5) is 5.13 Å². The van der Waals surface area contributed by atoms with Gasteiger partial charge < -0.3 is 14.0 Å². The van der Waals surface area contributed by atoms with Crippen LogP contribution in [0.3, 0.4) is 0 Å². The summed E-state index contributed by atoms with van der Waals surface area (Å²) in [6.07, 6.45) is 6.77. The van der Waals surface area contributed by atoms with Crippen molar-refractivity contribution in [1.82, 2.24) is 14.5 Å². The van der Waals surface area contributed by atoms with Gasteiger partial charge in [0, 0.05) is 42.7 Å². The van der Waals surface area contributed by atoms with E-state index in [4.69, 9.17) is 9.47 Å². The maximum atomic E-state index is 12.6. The quantitative estimate of drug-likeness (QED) is 0.410. The predicted octanol–water partition coefficient (Wildman–Crippen LogP) is 4.88. The van der Waals surface area contributed by atoms with E-state index in [1.807, 2.05) is 60.3 Å². The molecule has 0 fully saturated rings. The Balaban J connectivity index is 1.60. The number of carbonyl (C=O) groups is 1. The summed E-state index contributed by atoms with van der Waals surface area (Å²) in [6.45, 7) is 0. The third-order valence-electron chi connectivity index (χ3n) is 4.78. The summed E-state index contributed by atoms with van der Waals surface area (Å²) < 4.78 is 12.5. The number of ether oxygens (including phenoxy) is 2. The fourth-order valence-electron chi connectivity index (χ4n) is 3.17. The Hall–Kier alpha value is -3.91. The van der Waals surface area contributed by atoms with E-state index in [9.17, 15) is 4.79 Å². The van der Waals surface area contributed by atoms with E-state index in [-0.39, 0.29) is 5.91 Å². The Labute approximate surface area is 190 Å². The van der Waals surface area contributed by atoms with Crippen LogP contribution in [0.5, 0.6) is 11.5 Å². The van der Waals surface area contributed by atoms with Crippen molar-refractivity contribution in [2.75, 3.05) is 19.5 Å². The van der Waals surface area contributed by atoms with Gasteiger partial charge in [0.25, 0.3) is 0 Å². The molecule has 8 heteroatoms. The van der Waals surface area contributed by atoms with Gasteiger partial charge in [-0.3, -0.25) is 10.1 Å². The highest BCUT2D eigenvalue weighted by molar-refractivity contribution is 7.19. The third-order valence-corrected chi connectivity index (χ3v) is 5.75. The minimum absolute atomic E-state index is 0.289. The molecule has 2 aromatic carbocycles. The van der Waals surface area contributed by atoms with Crippen molar-refractivity contribution in [2.24, 2.45) is 7.05 Å². The Morgan fingerprint density at radius 3 is 2.62 bits per heavy atom. The van der Waals surface area contributed by atoms with Crippen molar-refractivity contribution in [2.45, 2.75) is 0 Å². The average Bonchev–Trinajstić information content (AvgIpc) is 3.43. The second kappa shape index (κ2) is 9.49. The van der Waals surface area contributed by atoms with Crippen LogP contribution in [0.25, 0.3) is 28.0 Å². The van der Waals surface area contributed by atoms with Crippen LogP contribution in [-0.2, 0) is 11.8 Å². The highest BCUT2D eigenvalue weighted by atomic mass is 32.1. The van der Waals surface area contributed by atoms with Gasteiger partial charge in [-0.25, -0.2) is 9.97 Å². The van der Waals surface area contributed by atoms with E-state index in [2.05, 4.69) is 15.3 Å². The topological polar surface area (TPSA) is 78.3 Å². The molecule has 0 saturated carbocycles. The van der Waals surface area contributed by atoms with E-state index in [1.54, 1.807) is 32.6 Å². The van der Waals surface area contributed by atoms with Gasteiger partial charge in [0.1, 0.15) is 11.5 Å². The normalized spacial score (nSPS) is 11.0. The number of methoxy groups -OCH3 is 2. The van der Waals surface area contributed by atoms with Crippen molar-refractivity contribution >= 4 is 28.5 Å². The molecular weight excluding hydrogens is 424 g/mol. The van der Waals surface area contributed by atoms with E-state index in [0.717, 1.165) is 27.5 Å². The van der Waals surface area contributed by atoms with Crippen molar-refractivity contribution in [1.29, 1.82) is 0 Å². The fourth-order valence-corrected chi connectivity index (χ4v) is 4.20. The lowest BCUT2D eigenvalue weighted by molar-refractivity contribution is -0.111. The van der Waals surface area contributed by atoms with Gasteiger partial charge in [0.05, 0.1) is 24.8 Å². The van der Waals surface area contributed by atoms with Crippen LogP contribution >= 0.6 is 11.3 Å². The van der Waals surface area contributed by atoms with Gasteiger partial charge in [-0.1, -0.05) is 41.7 Å². The molecule has 0 spiro atoms. The monoisotopic (exact) mass is 446 g/mol. The Kier molecular flexibility index (Phi) is 6.32. The van der Waals surface area contributed by atoms with Crippen LogP contribution in [-0.4, -0.2) is 34.7 Å². The first-order valence-corrected chi connectivity index (χ1v) is 10.7. The van der Waals surface area contributed by atoms with Crippen molar-refractivity contribution < 1.29 is 14.3 Å². The molecule has 162 valence electrons. The molecule has 2 heterocycles. The number of aryl methyl sites for hydroxylation is 1. The second-order valence-corrected chi connectivity index (χ2v) is 7.85. The molecular formula is C24H22N4O3S. The molecule has 0 aliphatic carbocycles. The smallest absolute Gasteiger partial charge is 0.250 e. The molecule has 0 saturated heterocycles. The number of amides is 1. The highest BCUT2D eigenvalue weighted by Crippen LogP contribution is 2.38. The third kappa shape index (κ3) is 4.55. The molecule has 1 N–H and O–H groups in total. The number of carbonyl (C=O) groups excluding carboxylic acids is 1. The Bertz CT molecular complexity index is 1260. The number of nitrogens with one attached hydrogen (secondary N) is 1. The van der Waals surface area contributed by atoms with E-state index in [0.29, 0.717) is 16.6 Å². The molecule has 0 atom stereocenters. The number of imidazole rings is 1. The molecule has 0 radical (unpaired) electrons. The second-order valence-electron chi connectivity index (χ2n) is 6.85. The number of rotatable bonds is 7. The zero-order valence-corrected chi connectivity index (χ0v) is 18.7. The fraction of sp³-hybridized carbons (Fsp3) is 0.125. The lowest BCUT2D eigenvalue weighted by Crippen LogP contribution is -2.07. The number of aromatic nitrogens is 3. The standard InChI is InChI=1S/C24H22N4O3S/c1-28-14-13-25-23(28)22-21(17-7-5-4-6-8-17)27-24(32-22)26-20(29)12-10-16-9-11-18(30-2)15-19(16)31-3/h4-15H,1-3H3,(H,26,27,29)/b12-10+. The molecule has 4 aromatic rings. The minimum atomic E-state index is -0.289. The first-order chi connectivity index (χ1) is 15.6. The zero-order chi connectivity index (χ0) is 22.5. The number of anilines is 1. The summed E-state index contributed by atoms with van der Waals surface area (Å²) in [7, 11) is 5.10. The molecule has 0 bridgehead atoms. The molecule has 1 amide bonds. The van der Waals surface area contributed by atoms with Gasteiger partial charge in [-0.2, -0.15) is 0 Å². The van der Waals surface area contributed by atoms with Gasteiger partial charge in [-0.15, -0.1) is 0 Å². The van der Waals surface area contributed by atoms with Crippen molar-refractivity contribution in [3.05, 3.63) is 72.6 Å². The molecule has 0 aliphatic heterocycles. The molecule has 0 unspecified atom stereocenters. The van der Waals surface area contributed by atoms with Crippen LogP contribution in [0.1, 0.15) is 5.56 Å². The molecule has 7 nitrogen and oxygen atoms in total. The highest BCUT2D eigenvalue weighted by Gasteiger charge is 2.18. The summed E-state index contributed by atoms with van der Waals surface area (Å²) in [4.78, 5) is 22.6. The van der Waals surface area contributed by atoms with Gasteiger partial charge in [0.15, 0.2) is 11.0 Å². The summed E-state index contributed by atoms with van der Waals surface area (Å²) in [6, 6.07) is 15.3. The molecule has 32 heavy (non-hydrogen) atoms. The summed E-state index contributed by atoms with van der Waals surface area (Å²) in [5.41, 5.74) is 2.50. The van der Waals surface area contributed by atoms with Crippen molar-refractivity contribution in [3.8, 4) is 33.5 Å². The largest absolute Gasteiger partial charge is 0.497 e. The Morgan fingerprint density at radius 1 is 1.12 bits per heavy atom. The van der Waals surface area contributed by atoms with Gasteiger partial charge in [-0.05, 0) is 18.2 Å². The average molecular weight is 447 g/mol. The molecule has 2 aromatic heterocycles. The van der Waals surface area contributed by atoms with Gasteiger partial charge >= 0.3 is 0 Å². The first-order valence-electron chi connectivity index (χ1n) is 9.84. The molecule has 0 aliphatic rings. The van der Waals surface area contributed by atoms with E-state index in [1.165, 1.54) is 17.4 Å². The number of hydrogen-bond donors (Lipinski definition) is 1. The first kappa shape index (κ1) is 21.3. The predicted molar refractivity (Wildman–Crippen MR) is 127 cm³/mol. The lowest BCUT2D eigenvalue weighted by atomic mass is 10.1. The van der Waals surface area contributed by atoms with E-state index < -0.39 is 0 Å². The molecule has 4 rings (SSSR count). The van der Waals surface area contributed by atoms with Crippen LogP contribution in [0, 0.1) is 0 Å². The van der Waals surface area contributed by atoms with Crippen molar-refractivity contribution in [3.63, 3.8) is 0 Å². The zero-order valence-electron chi connectivity index (χ0n) is 17.9. The number of benzene rings is 2. The number of nitrogens with zero attached hydrogens (tertiary/aromatic N) is 3.